The third-order valence-corrected chi connectivity index (χ3v) is 3.35. The molecule has 0 radical (unpaired) electrons. The van der Waals surface area contributed by atoms with Gasteiger partial charge >= 0.3 is 6.18 Å². The third-order valence-electron chi connectivity index (χ3n) is 3.35. The number of hydrogen-bond donors (Lipinski definition) is 1. The molecule has 1 unspecified atom stereocenters. The Morgan fingerprint density at radius 2 is 2.33 bits per heavy atom. The molecule has 9 heteroatoms. The number of methoxy groups -OCH3 is 1. The van der Waals surface area contributed by atoms with Gasteiger partial charge in [-0.2, -0.15) is 13.2 Å². The van der Waals surface area contributed by atoms with Gasteiger partial charge in [0.25, 0.3) is 5.91 Å². The van der Waals surface area contributed by atoms with Crippen LogP contribution in [-0.4, -0.2) is 53.0 Å². The normalized spacial score (nSPS) is 23.4. The van der Waals surface area contributed by atoms with Crippen LogP contribution in [-0.2, 0) is 11.3 Å². The van der Waals surface area contributed by atoms with Gasteiger partial charge in [-0.3, -0.25) is 4.79 Å². The van der Waals surface area contributed by atoms with Gasteiger partial charge in [0.05, 0.1) is 6.54 Å². The third kappa shape index (κ3) is 3.18. The van der Waals surface area contributed by atoms with Crippen molar-refractivity contribution in [1.82, 2.24) is 10.1 Å². The Morgan fingerprint density at radius 3 is 2.95 bits per heavy atom. The van der Waals surface area contributed by atoms with Gasteiger partial charge in [0.2, 0.25) is 0 Å². The molecular formula is C12H15F3N2O4. The Hall–Kier alpha value is -1.61. The van der Waals surface area contributed by atoms with E-state index in [1.54, 1.807) is 0 Å². The lowest BCUT2D eigenvalue weighted by Gasteiger charge is -2.39. The topological polar surface area (TPSA) is 75.8 Å². The molecule has 1 aliphatic heterocycles. The average Bonchev–Trinajstić information content (AvgIpc) is 2.86. The van der Waals surface area contributed by atoms with Crippen LogP contribution >= 0.6 is 0 Å². The number of ether oxygens (including phenoxy) is 1. The van der Waals surface area contributed by atoms with Crippen LogP contribution in [0.1, 0.15) is 29.1 Å². The number of halogens is 3. The Morgan fingerprint density at radius 1 is 1.62 bits per heavy atom. The SMILES string of the molecule is COCc1cc(C(=O)N2CCCC(O)(C(F)(F)F)C2)no1. The van der Waals surface area contributed by atoms with Gasteiger partial charge in [-0.15, -0.1) is 0 Å². The number of carbonyl (C=O) groups is 1. The molecule has 118 valence electrons. The lowest BCUT2D eigenvalue weighted by atomic mass is 9.92. The van der Waals surface area contributed by atoms with Gasteiger partial charge in [-0.25, -0.2) is 0 Å². The van der Waals surface area contributed by atoms with Gasteiger partial charge in [0.1, 0.15) is 6.61 Å². The minimum absolute atomic E-state index is 0.0600. The summed E-state index contributed by atoms with van der Waals surface area (Å²) in [6.45, 7) is -0.571. The molecule has 21 heavy (non-hydrogen) atoms. The smallest absolute Gasteiger partial charge is 0.379 e. The molecule has 2 rings (SSSR count). The summed E-state index contributed by atoms with van der Waals surface area (Å²) in [4.78, 5) is 13.1. The maximum absolute atomic E-state index is 12.8. The molecule has 0 aliphatic carbocycles. The van der Waals surface area contributed by atoms with Crippen LogP contribution in [0, 0.1) is 0 Å². The Kier molecular flexibility index (Phi) is 4.24. The first-order valence-electron chi connectivity index (χ1n) is 6.30. The second-order valence-electron chi connectivity index (χ2n) is 4.97. The minimum Gasteiger partial charge on any atom is -0.379 e. The molecule has 0 bridgehead atoms. The quantitative estimate of drug-likeness (QED) is 0.912. The van der Waals surface area contributed by atoms with E-state index in [0.717, 1.165) is 4.90 Å². The van der Waals surface area contributed by atoms with Gasteiger partial charge in [-0.05, 0) is 12.8 Å². The molecule has 1 aromatic heterocycles. The highest BCUT2D eigenvalue weighted by Crippen LogP contribution is 2.37. The van der Waals surface area contributed by atoms with Crippen LogP contribution in [0.4, 0.5) is 13.2 Å². The van der Waals surface area contributed by atoms with Crippen molar-refractivity contribution in [2.45, 2.75) is 31.2 Å². The number of likely N-dealkylation sites (tertiary alicyclic amines) is 1. The molecule has 6 nitrogen and oxygen atoms in total. The van der Waals surface area contributed by atoms with Crippen molar-refractivity contribution in [2.24, 2.45) is 0 Å². The summed E-state index contributed by atoms with van der Waals surface area (Å²) in [5.41, 5.74) is -2.98. The zero-order valence-electron chi connectivity index (χ0n) is 11.3. The fourth-order valence-corrected chi connectivity index (χ4v) is 2.23. The van der Waals surface area contributed by atoms with E-state index in [1.807, 2.05) is 0 Å². The number of carbonyl (C=O) groups excluding carboxylic acids is 1. The first-order valence-corrected chi connectivity index (χ1v) is 6.30. The maximum Gasteiger partial charge on any atom is 0.418 e. The summed E-state index contributed by atoms with van der Waals surface area (Å²) in [5, 5.41) is 13.2. The molecule has 1 amide bonds. The Labute approximate surface area is 118 Å². The van der Waals surface area contributed by atoms with Gasteiger partial charge in [-0.1, -0.05) is 5.16 Å². The zero-order chi connectivity index (χ0) is 15.7. The molecule has 1 saturated heterocycles. The van der Waals surface area contributed by atoms with Crippen LogP contribution < -0.4 is 0 Å². The van der Waals surface area contributed by atoms with Crippen molar-refractivity contribution in [2.75, 3.05) is 20.2 Å². The highest BCUT2D eigenvalue weighted by molar-refractivity contribution is 5.92. The van der Waals surface area contributed by atoms with Crippen molar-refractivity contribution >= 4 is 5.91 Å². The molecule has 1 atom stereocenters. The number of β-amino-alcohol motifs (C(OH)–C–C–N with tert-alkyl or cyclic N) is 1. The molecule has 1 N–H and O–H groups in total. The lowest BCUT2D eigenvalue weighted by molar-refractivity contribution is -0.271. The monoisotopic (exact) mass is 308 g/mol. The van der Waals surface area contributed by atoms with E-state index < -0.39 is 30.7 Å². The second-order valence-corrected chi connectivity index (χ2v) is 4.97. The van der Waals surface area contributed by atoms with E-state index in [0.29, 0.717) is 5.76 Å². The van der Waals surface area contributed by atoms with E-state index in [9.17, 15) is 23.1 Å². The van der Waals surface area contributed by atoms with Crippen molar-refractivity contribution in [3.63, 3.8) is 0 Å². The van der Waals surface area contributed by atoms with E-state index >= 15 is 0 Å². The standard InChI is InChI=1S/C12H15F3N2O4/c1-20-6-8-5-9(16-21-8)10(18)17-4-2-3-11(19,7-17)12(13,14)15/h5,19H,2-4,6-7H2,1H3. The minimum atomic E-state index is -4.78. The van der Waals surface area contributed by atoms with Gasteiger partial charge in [0.15, 0.2) is 17.1 Å². The molecule has 0 spiro atoms. The summed E-state index contributed by atoms with van der Waals surface area (Å²) in [6.07, 6.45) is -5.14. The number of piperidine rings is 1. The van der Waals surface area contributed by atoms with E-state index in [-0.39, 0.29) is 25.3 Å². The van der Waals surface area contributed by atoms with Crippen LogP contribution in [0.25, 0.3) is 0 Å². The predicted molar refractivity (Wildman–Crippen MR) is 63.4 cm³/mol. The number of alkyl halides is 3. The maximum atomic E-state index is 12.8. The fourth-order valence-electron chi connectivity index (χ4n) is 2.23. The molecule has 1 fully saturated rings. The first kappa shape index (κ1) is 15.8. The first-order chi connectivity index (χ1) is 9.77. The second kappa shape index (κ2) is 5.64. The number of hydrogen-bond acceptors (Lipinski definition) is 5. The van der Waals surface area contributed by atoms with Crippen LogP contribution in [0.2, 0.25) is 0 Å². The summed E-state index contributed by atoms with van der Waals surface area (Å²) in [6, 6.07) is 1.31. The van der Waals surface area contributed by atoms with Crippen LogP contribution in [0.15, 0.2) is 10.6 Å². The highest BCUT2D eigenvalue weighted by atomic mass is 19.4. The van der Waals surface area contributed by atoms with Crippen molar-refractivity contribution in [1.29, 1.82) is 0 Å². The Balaban J connectivity index is 2.11. The summed E-state index contributed by atoms with van der Waals surface area (Å²) >= 11 is 0. The van der Waals surface area contributed by atoms with E-state index in [2.05, 4.69) is 5.16 Å². The van der Waals surface area contributed by atoms with Crippen LogP contribution in [0.5, 0.6) is 0 Å². The number of nitrogens with zero attached hydrogens (tertiary/aromatic N) is 2. The van der Waals surface area contributed by atoms with Crippen LogP contribution in [0.3, 0.4) is 0 Å². The number of aromatic nitrogens is 1. The zero-order valence-corrected chi connectivity index (χ0v) is 11.3. The lowest BCUT2D eigenvalue weighted by Crippen LogP contribution is -2.58. The van der Waals surface area contributed by atoms with E-state index in [1.165, 1.54) is 13.2 Å². The van der Waals surface area contributed by atoms with Gasteiger partial charge in [0, 0.05) is 19.7 Å². The molecule has 1 aromatic rings. The van der Waals surface area contributed by atoms with Gasteiger partial charge < -0.3 is 19.3 Å². The number of aliphatic hydroxyl groups is 1. The number of amides is 1. The predicted octanol–water partition coefficient (Wildman–Crippen LogP) is 1.35. The van der Waals surface area contributed by atoms with E-state index in [4.69, 9.17) is 9.26 Å². The largest absolute Gasteiger partial charge is 0.418 e. The molecular weight excluding hydrogens is 293 g/mol. The Bertz CT molecular complexity index is 517. The van der Waals surface area contributed by atoms with Crippen molar-refractivity contribution in [3.05, 3.63) is 17.5 Å². The molecule has 2 heterocycles. The highest BCUT2D eigenvalue weighted by Gasteiger charge is 2.56. The fraction of sp³-hybridized carbons (Fsp3) is 0.667. The average molecular weight is 308 g/mol. The molecule has 0 aromatic carbocycles. The summed E-state index contributed by atoms with van der Waals surface area (Å²) < 4.78 is 48.1. The summed E-state index contributed by atoms with van der Waals surface area (Å²) in [5.74, 6) is -0.410. The molecule has 1 aliphatic rings. The molecule has 0 saturated carbocycles. The summed E-state index contributed by atoms with van der Waals surface area (Å²) in [7, 11) is 1.43. The number of rotatable bonds is 3. The van der Waals surface area contributed by atoms with Crippen molar-refractivity contribution < 1.29 is 32.3 Å². The van der Waals surface area contributed by atoms with Crippen molar-refractivity contribution in [3.8, 4) is 0 Å².